The van der Waals surface area contributed by atoms with Gasteiger partial charge in [-0.25, -0.2) is 4.39 Å². The highest BCUT2D eigenvalue weighted by atomic mass is 19.1. The maximum Gasteiger partial charge on any atom is 0.131 e. The van der Waals surface area contributed by atoms with Crippen molar-refractivity contribution >= 4 is 0 Å². The van der Waals surface area contributed by atoms with Crippen LogP contribution in [0.4, 0.5) is 4.39 Å². The van der Waals surface area contributed by atoms with Crippen LogP contribution in [0, 0.1) is 11.7 Å². The number of aliphatic hydroxyl groups is 1. The third-order valence-corrected chi connectivity index (χ3v) is 2.93. The topological polar surface area (TPSA) is 41.5 Å². The van der Waals surface area contributed by atoms with Crippen molar-refractivity contribution < 1.29 is 14.2 Å². The van der Waals surface area contributed by atoms with Crippen LogP contribution in [0.5, 0.6) is 5.75 Å². The zero-order valence-electron chi connectivity index (χ0n) is 12.2. The number of nitrogens with one attached hydrogen (secondary N) is 1. The van der Waals surface area contributed by atoms with Gasteiger partial charge in [0.15, 0.2) is 0 Å². The summed E-state index contributed by atoms with van der Waals surface area (Å²) < 4.78 is 18.6. The Kier molecular flexibility index (Phi) is 5.76. The van der Waals surface area contributed by atoms with Crippen molar-refractivity contribution in [1.29, 1.82) is 0 Å². The van der Waals surface area contributed by atoms with Crippen molar-refractivity contribution in [3.63, 3.8) is 0 Å². The molecule has 1 unspecified atom stereocenters. The molecule has 1 rings (SSSR count). The highest BCUT2D eigenvalue weighted by Crippen LogP contribution is 2.17. The van der Waals surface area contributed by atoms with Crippen LogP contribution in [0.3, 0.4) is 0 Å². The average molecular weight is 269 g/mol. The first-order valence-corrected chi connectivity index (χ1v) is 6.59. The van der Waals surface area contributed by atoms with Crippen LogP contribution in [-0.4, -0.2) is 24.4 Å². The van der Waals surface area contributed by atoms with E-state index in [1.165, 1.54) is 13.2 Å². The predicted octanol–water partition coefficient (Wildman–Crippen LogP) is 2.72. The van der Waals surface area contributed by atoms with Gasteiger partial charge in [-0.1, -0.05) is 19.9 Å². The number of methoxy groups -OCH3 is 1. The molecule has 0 spiro atoms. The maximum absolute atomic E-state index is 13.7. The van der Waals surface area contributed by atoms with Crippen molar-refractivity contribution in [2.24, 2.45) is 5.92 Å². The number of halogens is 1. The minimum atomic E-state index is -0.767. The first-order chi connectivity index (χ1) is 8.84. The lowest BCUT2D eigenvalue weighted by molar-refractivity contribution is 0.0382. The van der Waals surface area contributed by atoms with Gasteiger partial charge in [0.1, 0.15) is 11.6 Å². The number of rotatable bonds is 7. The number of ether oxygens (including phenoxy) is 1. The van der Waals surface area contributed by atoms with Crippen molar-refractivity contribution in [2.75, 3.05) is 13.7 Å². The number of hydrogen-bond acceptors (Lipinski definition) is 3. The van der Waals surface area contributed by atoms with E-state index in [0.29, 0.717) is 36.7 Å². The van der Waals surface area contributed by atoms with E-state index < -0.39 is 5.60 Å². The molecule has 0 aliphatic rings. The molecule has 1 atom stereocenters. The average Bonchev–Trinajstić information content (AvgIpc) is 2.29. The molecule has 0 aromatic heterocycles. The van der Waals surface area contributed by atoms with Gasteiger partial charge in [0.2, 0.25) is 0 Å². The molecule has 0 saturated heterocycles. The Bertz CT molecular complexity index is 405. The highest BCUT2D eigenvalue weighted by Gasteiger charge is 2.21. The van der Waals surface area contributed by atoms with Crippen molar-refractivity contribution in [2.45, 2.75) is 39.3 Å². The van der Waals surface area contributed by atoms with E-state index >= 15 is 0 Å². The molecule has 0 fully saturated rings. The van der Waals surface area contributed by atoms with Gasteiger partial charge in [-0.3, -0.25) is 0 Å². The molecule has 1 aromatic rings. The van der Waals surface area contributed by atoms with E-state index in [1.807, 2.05) is 0 Å². The van der Waals surface area contributed by atoms with Crippen LogP contribution in [0.2, 0.25) is 0 Å². The van der Waals surface area contributed by atoms with Gasteiger partial charge in [-0.2, -0.15) is 0 Å². The first-order valence-electron chi connectivity index (χ1n) is 6.59. The summed E-state index contributed by atoms with van der Waals surface area (Å²) in [4.78, 5) is 0. The molecule has 0 bridgehead atoms. The summed E-state index contributed by atoms with van der Waals surface area (Å²) in [5.41, 5.74) is -0.196. The van der Waals surface area contributed by atoms with Gasteiger partial charge in [0.05, 0.1) is 12.7 Å². The zero-order chi connectivity index (χ0) is 14.5. The third kappa shape index (κ3) is 5.57. The predicted molar refractivity (Wildman–Crippen MR) is 74.7 cm³/mol. The second-order valence-electron chi connectivity index (χ2n) is 5.66. The minimum Gasteiger partial charge on any atom is -0.497 e. The summed E-state index contributed by atoms with van der Waals surface area (Å²) in [5, 5.41) is 13.2. The molecule has 0 radical (unpaired) electrons. The van der Waals surface area contributed by atoms with Gasteiger partial charge in [-0.15, -0.1) is 0 Å². The normalized spacial score (nSPS) is 14.5. The largest absolute Gasteiger partial charge is 0.497 e. The molecule has 0 saturated carbocycles. The van der Waals surface area contributed by atoms with Crippen molar-refractivity contribution in [1.82, 2.24) is 5.32 Å². The molecular formula is C15H24FNO2. The van der Waals surface area contributed by atoms with Crippen LogP contribution in [0.15, 0.2) is 18.2 Å². The molecule has 0 amide bonds. The summed E-state index contributed by atoms with van der Waals surface area (Å²) in [6.45, 7) is 6.76. The fourth-order valence-corrected chi connectivity index (χ4v) is 2.22. The van der Waals surface area contributed by atoms with Crippen LogP contribution in [0.1, 0.15) is 32.8 Å². The van der Waals surface area contributed by atoms with Crippen LogP contribution in [-0.2, 0) is 6.54 Å². The Morgan fingerprint density at radius 1 is 1.42 bits per heavy atom. The summed E-state index contributed by atoms with van der Waals surface area (Å²) in [6.07, 6.45) is 0.713. The van der Waals surface area contributed by atoms with Crippen LogP contribution >= 0.6 is 0 Å². The Balaban J connectivity index is 2.49. The summed E-state index contributed by atoms with van der Waals surface area (Å²) in [5.74, 6) is 0.637. The Morgan fingerprint density at radius 2 is 2.11 bits per heavy atom. The van der Waals surface area contributed by atoms with Gasteiger partial charge in [-0.05, 0) is 25.3 Å². The summed E-state index contributed by atoms with van der Waals surface area (Å²) in [7, 11) is 1.51. The van der Waals surface area contributed by atoms with Crippen LogP contribution < -0.4 is 10.1 Å². The second-order valence-corrected chi connectivity index (χ2v) is 5.66. The molecular weight excluding hydrogens is 245 g/mol. The Hall–Kier alpha value is -1.13. The summed E-state index contributed by atoms with van der Waals surface area (Å²) in [6, 6.07) is 4.79. The van der Waals surface area contributed by atoms with Gasteiger partial charge in [0, 0.05) is 24.7 Å². The molecule has 3 nitrogen and oxygen atoms in total. The molecule has 0 heterocycles. The van der Waals surface area contributed by atoms with Gasteiger partial charge >= 0.3 is 0 Å². The van der Waals surface area contributed by atoms with Gasteiger partial charge < -0.3 is 15.2 Å². The van der Waals surface area contributed by atoms with E-state index in [4.69, 9.17) is 4.74 Å². The molecule has 1 aromatic carbocycles. The fourth-order valence-electron chi connectivity index (χ4n) is 2.22. The Labute approximate surface area is 114 Å². The molecule has 0 aliphatic carbocycles. The standard InChI is InChI=1S/C15H24FNO2/c1-11(2)8-15(3,18)10-17-9-12-5-6-13(19-4)7-14(12)16/h5-7,11,17-18H,8-10H2,1-4H3. The quantitative estimate of drug-likeness (QED) is 0.799. The smallest absolute Gasteiger partial charge is 0.131 e. The Morgan fingerprint density at radius 3 is 2.63 bits per heavy atom. The van der Waals surface area contributed by atoms with Crippen molar-refractivity contribution in [3.8, 4) is 5.75 Å². The molecule has 0 aliphatic heterocycles. The second kappa shape index (κ2) is 6.87. The SMILES string of the molecule is COc1ccc(CNCC(C)(O)CC(C)C)c(F)c1. The lowest BCUT2D eigenvalue weighted by Crippen LogP contribution is -2.38. The van der Waals surface area contributed by atoms with E-state index in [-0.39, 0.29) is 5.82 Å². The van der Waals surface area contributed by atoms with E-state index in [2.05, 4.69) is 19.2 Å². The van der Waals surface area contributed by atoms with E-state index in [0.717, 1.165) is 0 Å². The minimum absolute atomic E-state index is 0.296. The first kappa shape index (κ1) is 15.9. The third-order valence-electron chi connectivity index (χ3n) is 2.93. The zero-order valence-corrected chi connectivity index (χ0v) is 12.2. The monoisotopic (exact) mass is 269 g/mol. The lowest BCUT2D eigenvalue weighted by Gasteiger charge is -2.25. The molecule has 108 valence electrons. The van der Waals surface area contributed by atoms with Gasteiger partial charge in [0.25, 0.3) is 0 Å². The maximum atomic E-state index is 13.7. The molecule has 4 heteroatoms. The lowest BCUT2D eigenvalue weighted by atomic mass is 9.94. The summed E-state index contributed by atoms with van der Waals surface area (Å²) >= 11 is 0. The molecule has 19 heavy (non-hydrogen) atoms. The van der Waals surface area contributed by atoms with E-state index in [9.17, 15) is 9.50 Å². The molecule has 2 N–H and O–H groups in total. The number of hydrogen-bond donors (Lipinski definition) is 2. The highest BCUT2D eigenvalue weighted by molar-refractivity contribution is 5.28. The van der Waals surface area contributed by atoms with Crippen LogP contribution in [0.25, 0.3) is 0 Å². The fraction of sp³-hybridized carbons (Fsp3) is 0.600. The van der Waals surface area contributed by atoms with E-state index in [1.54, 1.807) is 19.1 Å². The number of benzene rings is 1. The van der Waals surface area contributed by atoms with Crippen molar-refractivity contribution in [3.05, 3.63) is 29.6 Å².